The second kappa shape index (κ2) is 11.2. The molecule has 0 amide bonds. The molecule has 0 fully saturated rings. The normalized spacial score (nSPS) is 7.78. The minimum Gasteiger partial charge on any atom is -0.326 e. The van der Waals surface area contributed by atoms with Gasteiger partial charge < -0.3 is 19.6 Å². The molecule has 9 heavy (non-hydrogen) atoms. The van der Waals surface area contributed by atoms with Crippen molar-refractivity contribution >= 4 is 24.9 Å². The van der Waals surface area contributed by atoms with Crippen LogP contribution in [-0.2, 0) is 9.13 Å². The molecule has 0 aromatic heterocycles. The van der Waals surface area contributed by atoms with E-state index < -0.39 is 16.5 Å². The van der Waals surface area contributed by atoms with Crippen molar-refractivity contribution in [1.29, 1.82) is 0 Å². The topological polar surface area (TPSA) is 115 Å². The lowest BCUT2D eigenvalue weighted by Crippen LogP contribution is -1.38. The second-order valence-electron chi connectivity index (χ2n) is 0.565. The highest BCUT2D eigenvalue weighted by Gasteiger charge is 1.62. The van der Waals surface area contributed by atoms with Crippen LogP contribution in [0.15, 0.2) is 0 Å². The second-order valence-corrected chi connectivity index (χ2v) is 1.70. The van der Waals surface area contributed by atoms with Crippen molar-refractivity contribution in [3.05, 3.63) is 0 Å². The summed E-state index contributed by atoms with van der Waals surface area (Å²) >= 11 is 0. The molecule has 0 radical (unpaired) electrons. The lowest BCUT2D eigenvalue weighted by atomic mass is 10.8. The zero-order chi connectivity index (χ0) is 7.15. The average molecular weight is 178 g/mol. The van der Waals surface area contributed by atoms with E-state index in [0.717, 1.165) is 0 Å². The zero-order valence-corrected chi connectivity index (χ0v) is 5.61. The summed E-state index contributed by atoms with van der Waals surface area (Å²) in [6, 6.07) is 0. The number of rotatable bonds is 0. The molecule has 6 nitrogen and oxygen atoms in total. The lowest BCUT2D eigenvalue weighted by molar-refractivity contribution is 0.403. The van der Waals surface area contributed by atoms with E-state index in [-0.39, 0.29) is 8.41 Å². The van der Waals surface area contributed by atoms with Gasteiger partial charge in [0.15, 0.2) is 0 Å². The van der Waals surface area contributed by atoms with E-state index >= 15 is 0 Å². The molecule has 0 aliphatic carbocycles. The largest absolute Gasteiger partial charge is 0.326 e. The van der Waals surface area contributed by atoms with Crippen LogP contribution >= 0.6 is 16.5 Å². The molecule has 0 aliphatic rings. The van der Waals surface area contributed by atoms with Crippen molar-refractivity contribution < 1.29 is 28.7 Å². The third kappa shape index (κ3) is 2540. The molecular formula is H9BO6P2. The van der Waals surface area contributed by atoms with E-state index in [1.165, 1.54) is 0 Å². The van der Waals surface area contributed by atoms with Gasteiger partial charge in [-0.2, -0.15) is 0 Å². The van der Waals surface area contributed by atoms with Gasteiger partial charge in [-0.1, -0.05) is 0 Å². The minimum atomic E-state index is -3.13. The van der Waals surface area contributed by atoms with E-state index in [9.17, 15) is 0 Å². The van der Waals surface area contributed by atoms with Crippen molar-refractivity contribution in [3.63, 3.8) is 0 Å². The highest BCUT2D eigenvalue weighted by Crippen LogP contribution is 1.98. The Labute approximate surface area is 54.6 Å². The molecule has 0 saturated heterocycles. The maximum absolute atomic E-state index is 8.74. The predicted octanol–water partition coefficient (Wildman–Crippen LogP) is -2.46. The molecule has 0 spiro atoms. The van der Waals surface area contributed by atoms with Crippen molar-refractivity contribution in [2.75, 3.05) is 0 Å². The molecule has 0 aromatic rings. The molecule has 0 saturated carbocycles. The van der Waals surface area contributed by atoms with Crippen LogP contribution in [-0.4, -0.2) is 28.0 Å². The third-order valence-corrected chi connectivity index (χ3v) is 0. The van der Waals surface area contributed by atoms with E-state index in [2.05, 4.69) is 0 Å². The van der Waals surface area contributed by atoms with Crippen LogP contribution in [0.3, 0.4) is 0 Å². The van der Waals surface area contributed by atoms with E-state index in [1.54, 1.807) is 0 Å². The molecule has 0 aliphatic heterocycles. The van der Waals surface area contributed by atoms with Crippen molar-refractivity contribution in [2.45, 2.75) is 0 Å². The Bertz CT molecular complexity index is 69.1. The summed E-state index contributed by atoms with van der Waals surface area (Å²) in [4.78, 5) is 28.6. The molecule has 0 atom stereocenters. The minimum absolute atomic E-state index is 0. The molecule has 58 valence electrons. The summed E-state index contributed by atoms with van der Waals surface area (Å²) in [5.41, 5.74) is 0. The SMILES string of the molecule is B.O=[PH](O)O.O=[PH](O)O. The lowest BCUT2D eigenvalue weighted by Gasteiger charge is -1.61. The first kappa shape index (κ1) is 16.2. The van der Waals surface area contributed by atoms with Gasteiger partial charge in [0.1, 0.15) is 0 Å². The number of hydrogen-bond donors (Lipinski definition) is 4. The van der Waals surface area contributed by atoms with Gasteiger partial charge in [0.05, 0.1) is 8.41 Å². The van der Waals surface area contributed by atoms with Crippen LogP contribution in [0, 0.1) is 0 Å². The first-order valence-electron chi connectivity index (χ1n) is 1.30. The fourth-order valence-electron chi connectivity index (χ4n) is 0. The number of hydrogen-bond acceptors (Lipinski definition) is 2. The van der Waals surface area contributed by atoms with Crippen LogP contribution in [0.25, 0.3) is 0 Å². The summed E-state index contributed by atoms with van der Waals surface area (Å²) in [5.74, 6) is 0. The Morgan fingerprint density at radius 2 is 0.778 bits per heavy atom. The van der Waals surface area contributed by atoms with Crippen molar-refractivity contribution in [3.8, 4) is 0 Å². The fraction of sp³-hybridized carbons (Fsp3) is 0. The van der Waals surface area contributed by atoms with Gasteiger partial charge in [0.2, 0.25) is 0 Å². The Hall–Kier alpha value is 0.365. The Balaban J connectivity index is -0.0000000720. The molecule has 9 heteroatoms. The van der Waals surface area contributed by atoms with E-state index in [0.29, 0.717) is 0 Å². The van der Waals surface area contributed by atoms with Crippen molar-refractivity contribution in [1.82, 2.24) is 0 Å². The van der Waals surface area contributed by atoms with Gasteiger partial charge in [-0.25, -0.2) is 0 Å². The summed E-state index contributed by atoms with van der Waals surface area (Å²) in [7, 11) is -6.26. The Kier molecular flexibility index (Phi) is 20.1. The van der Waals surface area contributed by atoms with Gasteiger partial charge in [0, 0.05) is 0 Å². The van der Waals surface area contributed by atoms with Crippen LogP contribution in [0.2, 0.25) is 0 Å². The molecular weight excluding hydrogens is 169 g/mol. The standard InChI is InChI=1S/BH3.2H3O3P/c;2*1-4(2)3/h1H3;2*4H,(H2,1,2,3). The smallest absolute Gasteiger partial charge is 0.314 e. The average Bonchev–Trinajstić information content (AvgIpc) is 1.25. The summed E-state index contributed by atoms with van der Waals surface area (Å²) in [6.45, 7) is 0. The maximum Gasteiger partial charge on any atom is 0.314 e. The van der Waals surface area contributed by atoms with Crippen molar-refractivity contribution in [2.24, 2.45) is 0 Å². The summed E-state index contributed by atoms with van der Waals surface area (Å²) in [6.07, 6.45) is 0. The fourth-order valence-corrected chi connectivity index (χ4v) is 0. The van der Waals surface area contributed by atoms with E-state index in [4.69, 9.17) is 28.7 Å². The molecule has 0 rings (SSSR count). The van der Waals surface area contributed by atoms with Crippen LogP contribution in [0.4, 0.5) is 0 Å². The highest BCUT2D eigenvalue weighted by atomic mass is 31.1. The quantitative estimate of drug-likeness (QED) is 0.241. The van der Waals surface area contributed by atoms with Gasteiger partial charge in [-0.15, -0.1) is 0 Å². The van der Waals surface area contributed by atoms with Crippen LogP contribution in [0.5, 0.6) is 0 Å². The molecule has 0 aromatic carbocycles. The first-order valence-corrected chi connectivity index (χ1v) is 3.91. The van der Waals surface area contributed by atoms with Crippen LogP contribution in [0.1, 0.15) is 0 Å². The maximum atomic E-state index is 8.74. The Morgan fingerprint density at radius 1 is 0.778 bits per heavy atom. The summed E-state index contributed by atoms with van der Waals surface area (Å²) in [5, 5.41) is 0. The van der Waals surface area contributed by atoms with Gasteiger partial charge in [0.25, 0.3) is 0 Å². The zero-order valence-electron chi connectivity index (χ0n) is 3.61. The third-order valence-electron chi connectivity index (χ3n) is 0. The van der Waals surface area contributed by atoms with Crippen LogP contribution < -0.4 is 0 Å². The van der Waals surface area contributed by atoms with Gasteiger partial charge in [-0.05, 0) is 0 Å². The molecule has 0 unspecified atom stereocenters. The van der Waals surface area contributed by atoms with Gasteiger partial charge >= 0.3 is 16.5 Å². The van der Waals surface area contributed by atoms with E-state index in [1.807, 2.05) is 0 Å². The molecule has 4 N–H and O–H groups in total. The Morgan fingerprint density at radius 3 is 0.778 bits per heavy atom. The predicted molar refractivity (Wildman–Crippen MR) is 36.8 cm³/mol. The van der Waals surface area contributed by atoms with Gasteiger partial charge in [-0.3, -0.25) is 9.13 Å². The molecule has 0 bridgehead atoms. The molecule has 0 heterocycles. The summed E-state index contributed by atoms with van der Waals surface area (Å²) < 4.78 is 17.5. The highest BCUT2D eigenvalue weighted by molar-refractivity contribution is 7.31. The first-order chi connectivity index (χ1) is 3.46. The monoisotopic (exact) mass is 178 g/mol.